The van der Waals surface area contributed by atoms with Gasteiger partial charge in [-0.2, -0.15) is 0 Å². The summed E-state index contributed by atoms with van der Waals surface area (Å²) < 4.78 is 8.78. The average molecular weight is 461 g/mol. The van der Waals surface area contributed by atoms with Gasteiger partial charge in [0.25, 0.3) is 5.56 Å². The lowest BCUT2D eigenvalue weighted by Gasteiger charge is -2.07. The molecule has 0 unspecified atom stereocenters. The minimum Gasteiger partial charge on any atom is -0.453 e. The van der Waals surface area contributed by atoms with Crippen LogP contribution in [0.15, 0.2) is 72.8 Å². The van der Waals surface area contributed by atoms with E-state index in [0.29, 0.717) is 22.4 Å². The average Bonchev–Trinajstić information content (AvgIpc) is 3.07. The molecule has 0 amide bonds. The van der Waals surface area contributed by atoms with E-state index in [9.17, 15) is 4.79 Å². The Kier molecular flexibility index (Phi) is 3.97. The van der Waals surface area contributed by atoms with Gasteiger partial charge in [-0.05, 0) is 58.4 Å². The second-order valence-corrected chi connectivity index (χ2v) is 7.19. The van der Waals surface area contributed by atoms with Gasteiger partial charge < -0.3 is 10.3 Å². The van der Waals surface area contributed by atoms with Gasteiger partial charge in [0, 0.05) is 14.5 Å². The van der Waals surface area contributed by atoms with Gasteiger partial charge in [-0.1, -0.05) is 28.1 Å². The number of benzene rings is 2. The quantitative estimate of drug-likeness (QED) is 0.445. The molecule has 0 aliphatic rings. The topological polar surface area (TPSA) is 74.1 Å². The Morgan fingerprint density at radius 2 is 1.76 bits per heavy atom. The molecule has 0 atom stereocenters. The lowest BCUT2D eigenvalue weighted by atomic mass is 10.2. The van der Waals surface area contributed by atoms with Gasteiger partial charge in [0.15, 0.2) is 11.6 Å². The van der Waals surface area contributed by atoms with Crippen LogP contribution in [0.25, 0.3) is 33.8 Å². The maximum Gasteiger partial charge on any atom is 0.280 e. The Balaban J connectivity index is 1.87. The molecule has 0 aliphatic carbocycles. The van der Waals surface area contributed by atoms with Crippen LogP contribution in [0.4, 0.5) is 0 Å². The number of furan rings is 1. The first-order valence-electron chi connectivity index (χ1n) is 7.37. The fourth-order valence-electron chi connectivity index (χ4n) is 2.61. The molecule has 0 spiro atoms. The predicted octanol–water partition coefficient (Wildman–Crippen LogP) is 4.56. The number of nitrogens with two attached hydrogens (primary N) is 1. The zero-order valence-corrected chi connectivity index (χ0v) is 15.9. The first-order chi connectivity index (χ1) is 12.0. The lowest BCUT2D eigenvalue weighted by molar-refractivity contribution is 0.587. The van der Waals surface area contributed by atoms with E-state index >= 15 is 0 Å². The van der Waals surface area contributed by atoms with Gasteiger partial charge in [-0.25, -0.2) is 9.66 Å². The zero-order chi connectivity index (χ0) is 17.6. The van der Waals surface area contributed by atoms with Crippen LogP contribution in [-0.2, 0) is 0 Å². The van der Waals surface area contributed by atoms with Crippen molar-refractivity contribution < 1.29 is 4.42 Å². The number of nitrogens with zero attached hydrogens (tertiary/aromatic N) is 2. The molecular weight excluding hydrogens is 450 g/mol. The van der Waals surface area contributed by atoms with Gasteiger partial charge in [0.1, 0.15) is 5.76 Å². The van der Waals surface area contributed by atoms with Gasteiger partial charge in [-0.3, -0.25) is 4.79 Å². The van der Waals surface area contributed by atoms with E-state index < -0.39 is 0 Å². The summed E-state index contributed by atoms with van der Waals surface area (Å²) in [4.78, 5) is 16.9. The molecule has 124 valence electrons. The molecule has 0 radical (unpaired) electrons. The van der Waals surface area contributed by atoms with E-state index in [1.54, 1.807) is 24.3 Å². The molecule has 2 aromatic carbocycles. The third kappa shape index (κ3) is 2.79. The van der Waals surface area contributed by atoms with Crippen LogP contribution in [0, 0.1) is 0 Å². The van der Waals surface area contributed by atoms with E-state index in [1.165, 1.54) is 0 Å². The van der Waals surface area contributed by atoms with Gasteiger partial charge >= 0.3 is 0 Å². The Bertz CT molecular complexity index is 1160. The fourth-order valence-corrected chi connectivity index (χ4v) is 3.85. The maximum atomic E-state index is 12.4. The molecule has 7 heteroatoms. The lowest BCUT2D eigenvalue weighted by Crippen LogP contribution is -2.29. The summed E-state index contributed by atoms with van der Waals surface area (Å²) in [5.74, 6) is 7.30. The summed E-state index contributed by atoms with van der Waals surface area (Å²) in [6, 6.07) is 16.4. The van der Waals surface area contributed by atoms with E-state index in [0.717, 1.165) is 19.2 Å². The van der Waals surface area contributed by atoms with E-state index in [1.807, 2.05) is 30.3 Å². The van der Waals surface area contributed by atoms with Crippen molar-refractivity contribution in [1.82, 2.24) is 9.66 Å². The number of para-hydroxylation sites is 1. The molecule has 5 nitrogen and oxygen atoms in total. The highest BCUT2D eigenvalue weighted by Gasteiger charge is 2.15. The number of rotatable bonds is 2. The van der Waals surface area contributed by atoms with E-state index in [2.05, 4.69) is 36.8 Å². The number of hydrogen-bond acceptors (Lipinski definition) is 4. The Morgan fingerprint density at radius 1 is 1.00 bits per heavy atom. The normalized spacial score (nSPS) is 11.1. The monoisotopic (exact) mass is 459 g/mol. The van der Waals surface area contributed by atoms with Crippen LogP contribution in [0.3, 0.4) is 0 Å². The number of nitrogen functional groups attached to an aromatic ring is 1. The fraction of sp³-hybridized carbons (Fsp3) is 0. The minimum atomic E-state index is -0.316. The van der Waals surface area contributed by atoms with Crippen molar-refractivity contribution in [2.75, 3.05) is 5.84 Å². The predicted molar refractivity (Wildman–Crippen MR) is 105 cm³/mol. The van der Waals surface area contributed by atoms with Gasteiger partial charge in [0.05, 0.1) is 10.9 Å². The van der Waals surface area contributed by atoms with Crippen molar-refractivity contribution in [3.8, 4) is 22.9 Å². The van der Waals surface area contributed by atoms with E-state index in [4.69, 9.17) is 10.3 Å². The molecule has 0 saturated heterocycles. The molecule has 2 aromatic heterocycles. The van der Waals surface area contributed by atoms with Gasteiger partial charge in [-0.15, -0.1) is 0 Å². The third-order valence-corrected chi connectivity index (χ3v) is 4.98. The van der Waals surface area contributed by atoms with Crippen LogP contribution in [0.1, 0.15) is 0 Å². The summed E-state index contributed by atoms with van der Waals surface area (Å²) >= 11 is 6.95. The minimum absolute atomic E-state index is 0.281. The molecule has 0 saturated carbocycles. The maximum absolute atomic E-state index is 12.4. The summed E-state index contributed by atoms with van der Waals surface area (Å²) in [6.45, 7) is 0. The number of aromatic nitrogens is 2. The highest BCUT2D eigenvalue weighted by Crippen LogP contribution is 2.33. The van der Waals surface area contributed by atoms with Crippen LogP contribution in [0.2, 0.25) is 0 Å². The van der Waals surface area contributed by atoms with Crippen molar-refractivity contribution in [3.63, 3.8) is 0 Å². The van der Waals surface area contributed by atoms with Crippen LogP contribution < -0.4 is 11.4 Å². The molecule has 25 heavy (non-hydrogen) atoms. The van der Waals surface area contributed by atoms with Crippen molar-refractivity contribution in [2.24, 2.45) is 0 Å². The molecule has 4 rings (SSSR count). The summed E-state index contributed by atoms with van der Waals surface area (Å²) in [6.07, 6.45) is 0. The Hall–Kier alpha value is -2.38. The molecule has 0 aliphatic heterocycles. The van der Waals surface area contributed by atoms with Crippen LogP contribution >= 0.6 is 31.9 Å². The molecule has 2 N–H and O–H groups in total. The summed E-state index contributed by atoms with van der Waals surface area (Å²) in [5.41, 5.74) is 1.15. The standard InChI is InChI=1S/C18H11Br2N3O2/c19-10-5-6-11(13(20)9-10)15-7-8-16(25-15)17-22-14-4-2-1-3-12(14)18(24)23(17)21/h1-9H,21H2. The number of fused-ring (bicyclic) bond motifs is 1. The molecule has 2 heterocycles. The summed E-state index contributed by atoms with van der Waals surface area (Å²) in [5, 5.41) is 0.469. The molecule has 4 aromatic rings. The Morgan fingerprint density at radius 3 is 2.56 bits per heavy atom. The van der Waals surface area contributed by atoms with Crippen LogP contribution in [-0.4, -0.2) is 9.66 Å². The molecule has 0 fully saturated rings. The number of halogens is 2. The zero-order valence-electron chi connectivity index (χ0n) is 12.7. The highest BCUT2D eigenvalue weighted by atomic mass is 79.9. The van der Waals surface area contributed by atoms with Crippen molar-refractivity contribution in [3.05, 3.63) is 73.9 Å². The van der Waals surface area contributed by atoms with Gasteiger partial charge in [0.2, 0.25) is 0 Å². The smallest absolute Gasteiger partial charge is 0.280 e. The molecular formula is C18H11Br2N3O2. The first-order valence-corrected chi connectivity index (χ1v) is 8.96. The van der Waals surface area contributed by atoms with Crippen molar-refractivity contribution in [1.29, 1.82) is 0 Å². The first kappa shape index (κ1) is 16.1. The van der Waals surface area contributed by atoms with Crippen molar-refractivity contribution >= 4 is 42.8 Å². The highest BCUT2D eigenvalue weighted by molar-refractivity contribution is 9.11. The SMILES string of the molecule is Nn1c(-c2ccc(-c3ccc(Br)cc3Br)o2)nc2ccccc2c1=O. The van der Waals surface area contributed by atoms with Crippen LogP contribution in [0.5, 0.6) is 0 Å². The second-order valence-electron chi connectivity index (χ2n) is 5.42. The largest absolute Gasteiger partial charge is 0.453 e. The van der Waals surface area contributed by atoms with E-state index in [-0.39, 0.29) is 11.4 Å². The Labute approximate surface area is 159 Å². The second kappa shape index (κ2) is 6.16. The third-order valence-electron chi connectivity index (χ3n) is 3.83. The molecule has 0 bridgehead atoms. The summed E-state index contributed by atoms with van der Waals surface area (Å²) in [7, 11) is 0. The number of hydrogen-bond donors (Lipinski definition) is 1. The van der Waals surface area contributed by atoms with Crippen molar-refractivity contribution in [2.45, 2.75) is 0 Å².